The number of hydrogen-bond acceptors (Lipinski definition) is 4. The van der Waals surface area contributed by atoms with Crippen molar-refractivity contribution in [1.29, 1.82) is 0 Å². The molecule has 6 atom stereocenters. The van der Waals surface area contributed by atoms with Crippen LogP contribution in [0.3, 0.4) is 0 Å². The predicted octanol–water partition coefficient (Wildman–Crippen LogP) is 3.77. The molecule has 1 saturated heterocycles. The molecule has 150 valence electrons. The number of imide groups is 1. The van der Waals surface area contributed by atoms with Crippen molar-refractivity contribution in [3.05, 3.63) is 71.8 Å². The molecule has 5 heteroatoms. The zero-order chi connectivity index (χ0) is 20.6. The van der Waals surface area contributed by atoms with Gasteiger partial charge in [0.1, 0.15) is 5.75 Å². The van der Waals surface area contributed by atoms with Gasteiger partial charge in [-0.25, -0.2) is 9.69 Å². The van der Waals surface area contributed by atoms with Crippen LogP contribution in [0.5, 0.6) is 5.75 Å². The SMILES string of the molecule is Cc1ccccc1OC(=O)c1cccc(N2C(=O)C3C4C=CC(C5CC45)C3C2=O)c1. The third-order valence-corrected chi connectivity index (χ3v) is 7.30. The van der Waals surface area contributed by atoms with E-state index in [0.717, 1.165) is 12.0 Å². The van der Waals surface area contributed by atoms with E-state index in [9.17, 15) is 14.4 Å². The number of carbonyl (C=O) groups excluding carboxylic acids is 3. The number of allylic oxidation sites excluding steroid dienone is 2. The molecule has 2 aromatic rings. The maximum atomic E-state index is 13.3. The lowest BCUT2D eigenvalue weighted by molar-refractivity contribution is -0.124. The summed E-state index contributed by atoms with van der Waals surface area (Å²) >= 11 is 0. The number of aryl methyl sites for hydroxylation is 1. The Bertz CT molecular complexity index is 1100. The van der Waals surface area contributed by atoms with Crippen molar-refractivity contribution in [3.8, 4) is 5.75 Å². The molecule has 7 rings (SSSR count). The van der Waals surface area contributed by atoms with Crippen molar-refractivity contribution in [2.75, 3.05) is 4.90 Å². The second-order valence-electron chi connectivity index (χ2n) is 8.87. The standard InChI is InChI=1S/C25H21NO4/c1-13-5-2-3-8-20(13)30-25(29)14-6-4-7-15(11-14)26-23(27)21-16-9-10-17(19-12-18(16)19)22(21)24(26)28/h2-11,16-19,21-22H,12H2,1H3. The Labute approximate surface area is 174 Å². The average Bonchev–Trinajstić information content (AvgIpc) is 3.53. The highest BCUT2D eigenvalue weighted by Gasteiger charge is 2.67. The van der Waals surface area contributed by atoms with Gasteiger partial charge < -0.3 is 4.74 Å². The molecule has 0 N–H and O–H groups in total. The third-order valence-electron chi connectivity index (χ3n) is 7.30. The molecule has 0 spiro atoms. The Balaban J connectivity index is 1.30. The van der Waals surface area contributed by atoms with E-state index < -0.39 is 5.97 Å². The molecule has 0 radical (unpaired) electrons. The summed E-state index contributed by atoms with van der Waals surface area (Å²) in [6.07, 6.45) is 5.45. The van der Waals surface area contributed by atoms with Gasteiger partial charge >= 0.3 is 5.97 Å². The van der Waals surface area contributed by atoms with Crippen molar-refractivity contribution >= 4 is 23.5 Å². The van der Waals surface area contributed by atoms with Crippen LogP contribution >= 0.6 is 0 Å². The number of esters is 1. The zero-order valence-corrected chi connectivity index (χ0v) is 16.5. The van der Waals surface area contributed by atoms with Gasteiger partial charge in [0.25, 0.3) is 0 Å². The molecule has 2 saturated carbocycles. The minimum Gasteiger partial charge on any atom is -0.423 e. The minimum absolute atomic E-state index is 0.126. The summed E-state index contributed by atoms with van der Waals surface area (Å²) in [5.41, 5.74) is 1.62. The molecule has 5 nitrogen and oxygen atoms in total. The first-order chi connectivity index (χ1) is 14.5. The molecule has 5 aliphatic rings. The van der Waals surface area contributed by atoms with Crippen LogP contribution in [-0.2, 0) is 9.59 Å². The van der Waals surface area contributed by atoms with Crippen molar-refractivity contribution in [1.82, 2.24) is 0 Å². The molecule has 0 aromatic heterocycles. The maximum Gasteiger partial charge on any atom is 0.343 e. The number of anilines is 1. The molecular formula is C25H21NO4. The van der Waals surface area contributed by atoms with E-state index in [0.29, 0.717) is 28.8 Å². The molecule has 2 aromatic carbocycles. The highest BCUT2D eigenvalue weighted by atomic mass is 16.5. The van der Waals surface area contributed by atoms with E-state index in [1.807, 2.05) is 25.1 Å². The topological polar surface area (TPSA) is 63.7 Å². The van der Waals surface area contributed by atoms with E-state index in [1.54, 1.807) is 30.3 Å². The Kier molecular flexibility index (Phi) is 3.61. The summed E-state index contributed by atoms with van der Waals surface area (Å²) in [7, 11) is 0. The van der Waals surface area contributed by atoms with Crippen LogP contribution in [0.2, 0.25) is 0 Å². The predicted molar refractivity (Wildman–Crippen MR) is 110 cm³/mol. The number of ether oxygens (including phenoxy) is 1. The fraction of sp³-hybridized carbons (Fsp3) is 0.320. The molecule has 4 aliphatic carbocycles. The normalized spacial score (nSPS) is 32.8. The first kappa shape index (κ1) is 17.6. The fourth-order valence-corrected chi connectivity index (χ4v) is 5.81. The van der Waals surface area contributed by atoms with E-state index in [4.69, 9.17) is 4.74 Å². The number of para-hydroxylation sites is 1. The Morgan fingerprint density at radius 2 is 1.60 bits per heavy atom. The molecule has 2 amide bonds. The summed E-state index contributed by atoms with van der Waals surface area (Å²) in [6, 6.07) is 13.9. The van der Waals surface area contributed by atoms with Gasteiger partial charge in [-0.2, -0.15) is 0 Å². The highest BCUT2D eigenvalue weighted by molar-refractivity contribution is 6.23. The largest absolute Gasteiger partial charge is 0.423 e. The fourth-order valence-electron chi connectivity index (χ4n) is 5.81. The molecule has 2 bridgehead atoms. The van der Waals surface area contributed by atoms with Crippen molar-refractivity contribution < 1.29 is 19.1 Å². The summed E-state index contributed by atoms with van der Waals surface area (Å²) in [6.45, 7) is 1.87. The van der Waals surface area contributed by atoms with Gasteiger partial charge in [-0.1, -0.05) is 36.4 Å². The first-order valence-electron chi connectivity index (χ1n) is 10.5. The van der Waals surface area contributed by atoms with Crippen molar-refractivity contribution in [3.63, 3.8) is 0 Å². The van der Waals surface area contributed by atoms with Crippen molar-refractivity contribution in [2.45, 2.75) is 13.3 Å². The van der Waals surface area contributed by atoms with E-state index in [-0.39, 0.29) is 35.5 Å². The molecule has 1 aliphatic heterocycles. The van der Waals surface area contributed by atoms with Crippen LogP contribution in [0.1, 0.15) is 22.3 Å². The van der Waals surface area contributed by atoms with E-state index in [2.05, 4.69) is 12.2 Å². The Morgan fingerprint density at radius 1 is 0.933 bits per heavy atom. The first-order valence-corrected chi connectivity index (χ1v) is 10.5. The quantitative estimate of drug-likeness (QED) is 0.341. The van der Waals surface area contributed by atoms with Gasteiger partial charge in [0.15, 0.2) is 0 Å². The van der Waals surface area contributed by atoms with Gasteiger partial charge in [-0.05, 0) is 66.8 Å². The van der Waals surface area contributed by atoms with Crippen LogP contribution in [0.4, 0.5) is 5.69 Å². The Hall–Kier alpha value is -3.21. The van der Waals surface area contributed by atoms with Crippen LogP contribution in [0, 0.1) is 42.4 Å². The number of rotatable bonds is 3. The second-order valence-corrected chi connectivity index (χ2v) is 8.87. The molecular weight excluding hydrogens is 378 g/mol. The van der Waals surface area contributed by atoms with Gasteiger partial charge in [-0.15, -0.1) is 0 Å². The number of amides is 2. The summed E-state index contributed by atoms with van der Waals surface area (Å²) in [5, 5.41) is 0. The highest BCUT2D eigenvalue weighted by Crippen LogP contribution is 2.65. The van der Waals surface area contributed by atoms with Crippen LogP contribution < -0.4 is 9.64 Å². The Morgan fingerprint density at radius 3 is 2.27 bits per heavy atom. The lowest BCUT2D eigenvalue weighted by Gasteiger charge is -2.37. The van der Waals surface area contributed by atoms with Crippen LogP contribution in [-0.4, -0.2) is 17.8 Å². The lowest BCUT2D eigenvalue weighted by Crippen LogP contribution is -2.40. The molecule has 3 fully saturated rings. The van der Waals surface area contributed by atoms with Gasteiger partial charge in [0.2, 0.25) is 11.8 Å². The minimum atomic E-state index is -0.509. The smallest absolute Gasteiger partial charge is 0.343 e. The number of nitrogens with zero attached hydrogens (tertiary/aromatic N) is 1. The second kappa shape index (κ2) is 6.14. The maximum absolute atomic E-state index is 13.3. The van der Waals surface area contributed by atoms with Gasteiger partial charge in [-0.3, -0.25) is 9.59 Å². The number of benzene rings is 2. The lowest BCUT2D eigenvalue weighted by atomic mass is 9.63. The summed E-state index contributed by atoms with van der Waals surface area (Å²) in [4.78, 5) is 40.5. The molecule has 30 heavy (non-hydrogen) atoms. The van der Waals surface area contributed by atoms with Gasteiger partial charge in [0.05, 0.1) is 23.1 Å². The summed E-state index contributed by atoms with van der Waals surface area (Å²) < 4.78 is 5.52. The van der Waals surface area contributed by atoms with Gasteiger partial charge in [0, 0.05) is 0 Å². The number of carbonyl (C=O) groups is 3. The monoisotopic (exact) mass is 399 g/mol. The zero-order valence-electron chi connectivity index (χ0n) is 16.5. The van der Waals surface area contributed by atoms with Crippen LogP contribution in [0.15, 0.2) is 60.7 Å². The van der Waals surface area contributed by atoms with Crippen LogP contribution in [0.25, 0.3) is 0 Å². The summed E-state index contributed by atoms with van der Waals surface area (Å²) in [5.74, 6) is 0.721. The molecule has 1 heterocycles. The van der Waals surface area contributed by atoms with E-state index >= 15 is 0 Å². The third kappa shape index (κ3) is 2.38. The molecule has 6 unspecified atom stereocenters. The average molecular weight is 399 g/mol. The van der Waals surface area contributed by atoms with E-state index in [1.165, 1.54) is 4.90 Å². The number of hydrogen-bond donors (Lipinski definition) is 0. The van der Waals surface area contributed by atoms with Crippen molar-refractivity contribution in [2.24, 2.45) is 35.5 Å².